The van der Waals surface area contributed by atoms with Crippen molar-refractivity contribution in [1.29, 1.82) is 0 Å². The van der Waals surface area contributed by atoms with Crippen LogP contribution in [0.15, 0.2) is 71.2 Å². The zero-order chi connectivity index (χ0) is 23.3. The summed E-state index contributed by atoms with van der Waals surface area (Å²) < 4.78 is 46.0. The number of halogens is 2. The smallest absolute Gasteiger partial charge is 0.255 e. The van der Waals surface area contributed by atoms with Crippen LogP contribution in [-0.4, -0.2) is 27.2 Å². The van der Waals surface area contributed by atoms with E-state index in [0.717, 1.165) is 15.0 Å². The number of rotatable bonds is 8. The molecule has 0 aromatic heterocycles. The fourth-order valence-electron chi connectivity index (χ4n) is 3.04. The van der Waals surface area contributed by atoms with Crippen LogP contribution >= 0.6 is 15.9 Å². The molecule has 0 aliphatic heterocycles. The summed E-state index contributed by atoms with van der Waals surface area (Å²) in [6.45, 7) is 2.10. The average molecular weight is 521 g/mol. The summed E-state index contributed by atoms with van der Waals surface area (Å²) in [6, 6.07) is 17.2. The third-order valence-electron chi connectivity index (χ3n) is 4.55. The van der Waals surface area contributed by atoms with Gasteiger partial charge in [-0.15, -0.1) is 0 Å². The predicted octanol–water partition coefficient (Wildman–Crippen LogP) is 5.21. The summed E-state index contributed by atoms with van der Waals surface area (Å²) in [5.74, 6) is -0.350. The lowest BCUT2D eigenvalue weighted by Gasteiger charge is -2.24. The molecule has 0 fully saturated rings. The molecule has 3 aromatic carbocycles. The first-order chi connectivity index (χ1) is 15.2. The van der Waals surface area contributed by atoms with Gasteiger partial charge in [-0.25, -0.2) is 12.8 Å². The Morgan fingerprint density at radius 1 is 1.06 bits per heavy atom. The highest BCUT2D eigenvalue weighted by Gasteiger charge is 2.21. The van der Waals surface area contributed by atoms with Gasteiger partial charge in [0.15, 0.2) is 0 Å². The quantitative estimate of drug-likeness (QED) is 0.442. The standard InChI is InChI=1S/C23H22BrFN2O4S/c1-3-31-22-13-4-16(23(28)26-20-9-5-18(24)6-10-20)14-17(22)15-27(32(2,29)30)21-11-7-19(25)8-12-21/h4-14H,3,15H2,1-2H3,(H,26,28). The van der Waals surface area contributed by atoms with Gasteiger partial charge >= 0.3 is 0 Å². The minimum atomic E-state index is -3.70. The summed E-state index contributed by atoms with van der Waals surface area (Å²) in [6.07, 6.45) is 1.07. The van der Waals surface area contributed by atoms with Crippen molar-refractivity contribution in [2.24, 2.45) is 0 Å². The van der Waals surface area contributed by atoms with Crippen LogP contribution in [0, 0.1) is 5.82 Å². The Balaban J connectivity index is 1.94. The van der Waals surface area contributed by atoms with Crippen LogP contribution in [0.2, 0.25) is 0 Å². The molecule has 3 aromatic rings. The number of sulfonamides is 1. The molecule has 0 saturated carbocycles. The molecule has 168 valence electrons. The number of anilines is 2. The minimum absolute atomic E-state index is 0.0841. The summed E-state index contributed by atoms with van der Waals surface area (Å²) in [7, 11) is -3.70. The summed E-state index contributed by atoms with van der Waals surface area (Å²) in [5.41, 5.74) is 1.78. The zero-order valence-corrected chi connectivity index (χ0v) is 19.9. The van der Waals surface area contributed by atoms with Crippen molar-refractivity contribution in [1.82, 2.24) is 0 Å². The third-order valence-corrected chi connectivity index (χ3v) is 6.22. The van der Waals surface area contributed by atoms with Gasteiger partial charge in [0.2, 0.25) is 10.0 Å². The van der Waals surface area contributed by atoms with E-state index in [-0.39, 0.29) is 12.5 Å². The number of carbonyl (C=O) groups is 1. The molecule has 1 amide bonds. The van der Waals surface area contributed by atoms with E-state index >= 15 is 0 Å². The molecule has 0 spiro atoms. The maximum atomic E-state index is 13.3. The van der Waals surface area contributed by atoms with Crippen molar-refractivity contribution < 1.29 is 22.3 Å². The van der Waals surface area contributed by atoms with Crippen molar-refractivity contribution in [3.8, 4) is 5.75 Å². The summed E-state index contributed by atoms with van der Waals surface area (Å²) >= 11 is 3.35. The highest BCUT2D eigenvalue weighted by Crippen LogP contribution is 2.27. The molecule has 0 saturated heterocycles. The first-order valence-electron chi connectivity index (χ1n) is 9.73. The molecule has 6 nitrogen and oxygen atoms in total. The van der Waals surface area contributed by atoms with Crippen LogP contribution < -0.4 is 14.4 Å². The van der Waals surface area contributed by atoms with Crippen LogP contribution in [0.3, 0.4) is 0 Å². The molecule has 0 heterocycles. The van der Waals surface area contributed by atoms with Gasteiger partial charge in [0.05, 0.1) is 25.1 Å². The van der Waals surface area contributed by atoms with E-state index in [1.165, 1.54) is 24.3 Å². The van der Waals surface area contributed by atoms with Crippen LogP contribution in [0.4, 0.5) is 15.8 Å². The molecular weight excluding hydrogens is 499 g/mol. The van der Waals surface area contributed by atoms with Crippen LogP contribution in [0.5, 0.6) is 5.75 Å². The number of carbonyl (C=O) groups excluding carboxylic acids is 1. The Morgan fingerprint density at radius 3 is 2.31 bits per heavy atom. The van der Waals surface area contributed by atoms with Crippen LogP contribution in [0.1, 0.15) is 22.8 Å². The second-order valence-corrected chi connectivity index (χ2v) is 9.79. The normalized spacial score (nSPS) is 11.1. The van der Waals surface area contributed by atoms with Gasteiger partial charge in [-0.2, -0.15) is 0 Å². The van der Waals surface area contributed by atoms with Gasteiger partial charge in [0.25, 0.3) is 5.91 Å². The molecular formula is C23H22BrFN2O4S. The predicted molar refractivity (Wildman–Crippen MR) is 127 cm³/mol. The zero-order valence-electron chi connectivity index (χ0n) is 17.5. The molecule has 0 aliphatic rings. The van der Waals surface area contributed by atoms with Gasteiger partial charge in [-0.05, 0) is 73.7 Å². The fourth-order valence-corrected chi connectivity index (χ4v) is 4.18. The molecule has 1 N–H and O–H groups in total. The minimum Gasteiger partial charge on any atom is -0.494 e. The van der Waals surface area contributed by atoms with Crippen molar-refractivity contribution >= 4 is 43.2 Å². The Kier molecular flexibility index (Phi) is 7.52. The largest absolute Gasteiger partial charge is 0.494 e. The van der Waals surface area contributed by atoms with Crippen LogP contribution in [0.25, 0.3) is 0 Å². The van der Waals surface area contributed by atoms with Crippen LogP contribution in [-0.2, 0) is 16.6 Å². The Labute approximate surface area is 195 Å². The highest BCUT2D eigenvalue weighted by molar-refractivity contribution is 9.10. The van der Waals surface area contributed by atoms with E-state index in [2.05, 4.69) is 21.2 Å². The topological polar surface area (TPSA) is 75.7 Å². The number of benzene rings is 3. The molecule has 0 unspecified atom stereocenters. The van der Waals surface area contributed by atoms with Crippen molar-refractivity contribution in [2.75, 3.05) is 22.5 Å². The third kappa shape index (κ3) is 6.08. The second kappa shape index (κ2) is 10.1. The number of nitrogens with zero attached hydrogens (tertiary/aromatic N) is 1. The maximum absolute atomic E-state index is 13.3. The van der Waals surface area contributed by atoms with E-state index in [1.54, 1.807) is 30.3 Å². The highest BCUT2D eigenvalue weighted by atomic mass is 79.9. The van der Waals surface area contributed by atoms with Gasteiger partial charge in [0.1, 0.15) is 11.6 Å². The molecule has 3 rings (SSSR count). The molecule has 9 heteroatoms. The first kappa shape index (κ1) is 23.7. The van der Waals surface area contributed by atoms with Gasteiger partial charge in [-0.1, -0.05) is 15.9 Å². The molecule has 0 bridgehead atoms. The number of amides is 1. The van der Waals surface area contributed by atoms with E-state index < -0.39 is 15.8 Å². The van der Waals surface area contributed by atoms with Crippen molar-refractivity contribution in [3.63, 3.8) is 0 Å². The Hall–Kier alpha value is -2.91. The second-order valence-electron chi connectivity index (χ2n) is 6.96. The Morgan fingerprint density at radius 2 is 1.72 bits per heavy atom. The lowest BCUT2D eigenvalue weighted by Crippen LogP contribution is -2.29. The van der Waals surface area contributed by atoms with Crippen molar-refractivity contribution in [2.45, 2.75) is 13.5 Å². The molecule has 0 radical (unpaired) electrons. The Bertz CT molecular complexity index is 1200. The van der Waals surface area contributed by atoms with Gasteiger partial charge in [0, 0.05) is 21.3 Å². The first-order valence-corrected chi connectivity index (χ1v) is 12.4. The van der Waals surface area contributed by atoms with E-state index in [9.17, 15) is 17.6 Å². The lowest BCUT2D eigenvalue weighted by atomic mass is 10.1. The van der Waals surface area contributed by atoms with Gasteiger partial charge in [-0.3, -0.25) is 9.10 Å². The fraction of sp³-hybridized carbons (Fsp3) is 0.174. The molecule has 32 heavy (non-hydrogen) atoms. The molecule has 0 atom stereocenters. The van der Waals surface area contributed by atoms with Gasteiger partial charge < -0.3 is 10.1 Å². The SMILES string of the molecule is CCOc1ccc(C(=O)Nc2ccc(Br)cc2)cc1CN(c1ccc(F)cc1)S(C)(=O)=O. The summed E-state index contributed by atoms with van der Waals surface area (Å²) in [5, 5.41) is 2.81. The average Bonchev–Trinajstić information content (AvgIpc) is 2.74. The maximum Gasteiger partial charge on any atom is 0.255 e. The lowest BCUT2D eigenvalue weighted by molar-refractivity contribution is 0.102. The number of ether oxygens (including phenoxy) is 1. The monoisotopic (exact) mass is 520 g/mol. The summed E-state index contributed by atoms with van der Waals surface area (Å²) in [4.78, 5) is 12.8. The number of hydrogen-bond donors (Lipinski definition) is 1. The van der Waals surface area contributed by atoms with E-state index in [4.69, 9.17) is 4.74 Å². The molecule has 0 aliphatic carbocycles. The number of hydrogen-bond acceptors (Lipinski definition) is 4. The number of nitrogens with one attached hydrogen (secondary N) is 1. The van der Waals surface area contributed by atoms with Crippen molar-refractivity contribution in [3.05, 3.63) is 88.1 Å². The van der Waals surface area contributed by atoms with E-state index in [1.807, 2.05) is 19.1 Å². The van der Waals surface area contributed by atoms with E-state index in [0.29, 0.717) is 34.9 Å².